The summed E-state index contributed by atoms with van der Waals surface area (Å²) in [6, 6.07) is 17.8. The molecule has 0 saturated carbocycles. The number of nitrogens with zero attached hydrogens (tertiary/aromatic N) is 1. The molecule has 2 aromatic carbocycles. The molecule has 4 rings (SSSR count). The Morgan fingerprint density at radius 2 is 1.52 bits per heavy atom. The predicted octanol–water partition coefficient (Wildman–Crippen LogP) is 3.74. The van der Waals surface area contributed by atoms with Gasteiger partial charge in [0, 0.05) is 29.4 Å². The first-order valence-electron chi connectivity index (χ1n) is 6.77. The van der Waals surface area contributed by atoms with Crippen LogP contribution in [0.15, 0.2) is 71.8 Å². The monoisotopic (exact) mass is 272 g/mol. The van der Waals surface area contributed by atoms with Gasteiger partial charge in [0.15, 0.2) is 0 Å². The van der Waals surface area contributed by atoms with Gasteiger partial charge in [0.05, 0.1) is 0 Å². The maximum atomic E-state index is 11.4. The van der Waals surface area contributed by atoms with E-state index >= 15 is 0 Å². The van der Waals surface area contributed by atoms with Crippen molar-refractivity contribution in [3.8, 4) is 11.1 Å². The van der Waals surface area contributed by atoms with E-state index < -0.39 is 0 Å². The fraction of sp³-hybridized carbons (Fsp3) is 0. The van der Waals surface area contributed by atoms with Crippen LogP contribution in [0.1, 0.15) is 0 Å². The van der Waals surface area contributed by atoms with Crippen molar-refractivity contribution in [3.63, 3.8) is 0 Å². The summed E-state index contributed by atoms with van der Waals surface area (Å²) < 4.78 is 0. The molecule has 0 bridgehead atoms. The molecule has 3 heteroatoms. The molecule has 0 aliphatic heterocycles. The molecule has 1 N–H and O–H groups in total. The zero-order valence-electron chi connectivity index (χ0n) is 11.2. The fourth-order valence-corrected chi connectivity index (χ4v) is 2.59. The average molecular weight is 272 g/mol. The third-order valence-electron chi connectivity index (χ3n) is 3.70. The zero-order chi connectivity index (χ0) is 14.2. The lowest BCUT2D eigenvalue weighted by Gasteiger charge is -2.05. The van der Waals surface area contributed by atoms with Crippen LogP contribution in [-0.4, -0.2) is 9.97 Å². The molecule has 0 unspecified atom stereocenters. The van der Waals surface area contributed by atoms with E-state index in [1.54, 1.807) is 12.3 Å². The van der Waals surface area contributed by atoms with Crippen molar-refractivity contribution in [1.29, 1.82) is 0 Å². The number of aromatic nitrogens is 2. The highest BCUT2D eigenvalue weighted by atomic mass is 16.1. The second kappa shape index (κ2) is 4.56. The summed E-state index contributed by atoms with van der Waals surface area (Å²) in [6.45, 7) is 0. The lowest BCUT2D eigenvalue weighted by molar-refractivity contribution is 1.31. The van der Waals surface area contributed by atoms with Crippen molar-refractivity contribution >= 4 is 21.7 Å². The summed E-state index contributed by atoms with van der Waals surface area (Å²) in [4.78, 5) is 18.5. The fourth-order valence-electron chi connectivity index (χ4n) is 2.59. The van der Waals surface area contributed by atoms with E-state index in [0.717, 1.165) is 27.4 Å². The minimum absolute atomic E-state index is 0.0811. The van der Waals surface area contributed by atoms with E-state index in [1.165, 1.54) is 5.39 Å². The first-order chi connectivity index (χ1) is 10.3. The van der Waals surface area contributed by atoms with E-state index in [1.807, 2.05) is 30.5 Å². The lowest BCUT2D eigenvalue weighted by atomic mass is 10.0. The Morgan fingerprint density at radius 1 is 0.762 bits per heavy atom. The molecule has 0 radical (unpaired) electrons. The first-order valence-corrected chi connectivity index (χ1v) is 6.77. The van der Waals surface area contributed by atoms with Gasteiger partial charge in [-0.15, -0.1) is 0 Å². The highest BCUT2D eigenvalue weighted by Gasteiger charge is 2.02. The number of aromatic amines is 1. The Kier molecular flexibility index (Phi) is 2.57. The molecule has 0 saturated heterocycles. The maximum absolute atomic E-state index is 11.4. The van der Waals surface area contributed by atoms with E-state index in [2.05, 4.69) is 34.2 Å². The van der Waals surface area contributed by atoms with Gasteiger partial charge in [-0.25, -0.2) is 0 Å². The minimum atomic E-state index is -0.0811. The molecule has 0 amide bonds. The largest absolute Gasteiger partial charge is 0.322 e. The Morgan fingerprint density at radius 3 is 2.43 bits per heavy atom. The van der Waals surface area contributed by atoms with Gasteiger partial charge in [0.2, 0.25) is 5.56 Å². The van der Waals surface area contributed by atoms with Crippen LogP contribution in [0.2, 0.25) is 0 Å². The van der Waals surface area contributed by atoms with E-state index in [9.17, 15) is 4.79 Å². The van der Waals surface area contributed by atoms with Crippen LogP contribution in [0.5, 0.6) is 0 Å². The van der Waals surface area contributed by atoms with Crippen molar-refractivity contribution in [2.75, 3.05) is 0 Å². The molecule has 0 atom stereocenters. The number of hydrogen-bond donors (Lipinski definition) is 1. The lowest BCUT2D eigenvalue weighted by Crippen LogP contribution is -2.02. The number of rotatable bonds is 1. The molecular formula is C18H12N2O. The Bertz CT molecular complexity index is 1020. The Labute approximate surface area is 120 Å². The summed E-state index contributed by atoms with van der Waals surface area (Å²) in [6.07, 6.45) is 3.66. The van der Waals surface area contributed by atoms with Crippen LogP contribution >= 0.6 is 0 Å². The van der Waals surface area contributed by atoms with Crippen LogP contribution in [0.4, 0.5) is 0 Å². The van der Waals surface area contributed by atoms with Crippen LogP contribution < -0.4 is 5.56 Å². The Balaban J connectivity index is 1.92. The van der Waals surface area contributed by atoms with Gasteiger partial charge in [-0.05, 0) is 46.2 Å². The summed E-state index contributed by atoms with van der Waals surface area (Å²) in [5.41, 5.74) is 2.96. The zero-order valence-corrected chi connectivity index (χ0v) is 11.2. The van der Waals surface area contributed by atoms with Gasteiger partial charge in [0.1, 0.15) is 0 Å². The van der Waals surface area contributed by atoms with Gasteiger partial charge >= 0.3 is 0 Å². The SMILES string of the molecule is O=c1ccc2ccc(-c3ccc4ccncc4c3)cc2[nH]1. The van der Waals surface area contributed by atoms with Crippen LogP contribution in [0, 0.1) is 0 Å². The number of hydrogen-bond acceptors (Lipinski definition) is 2. The summed E-state index contributed by atoms with van der Waals surface area (Å²) in [5, 5.41) is 3.31. The van der Waals surface area contributed by atoms with Gasteiger partial charge in [-0.3, -0.25) is 9.78 Å². The quantitative estimate of drug-likeness (QED) is 0.573. The number of nitrogens with one attached hydrogen (secondary N) is 1. The predicted molar refractivity (Wildman–Crippen MR) is 85.3 cm³/mol. The average Bonchev–Trinajstić information content (AvgIpc) is 2.53. The van der Waals surface area contributed by atoms with Crippen LogP contribution in [0.3, 0.4) is 0 Å². The maximum Gasteiger partial charge on any atom is 0.248 e. The molecule has 2 heterocycles. The standard InChI is InChI=1S/C18H12N2O/c21-18-6-5-13-2-4-15(10-17(13)20-18)14-3-1-12-7-8-19-11-16(12)9-14/h1-11H,(H,20,21). The van der Waals surface area contributed by atoms with E-state index in [4.69, 9.17) is 0 Å². The normalized spacial score (nSPS) is 11.0. The molecule has 0 aliphatic rings. The molecule has 0 spiro atoms. The van der Waals surface area contributed by atoms with Crippen LogP contribution in [0.25, 0.3) is 32.8 Å². The minimum Gasteiger partial charge on any atom is -0.322 e. The smallest absolute Gasteiger partial charge is 0.248 e. The van der Waals surface area contributed by atoms with Crippen LogP contribution in [-0.2, 0) is 0 Å². The summed E-state index contributed by atoms with van der Waals surface area (Å²) >= 11 is 0. The molecule has 0 aliphatic carbocycles. The third kappa shape index (κ3) is 2.09. The Hall–Kier alpha value is -2.94. The van der Waals surface area contributed by atoms with Gasteiger partial charge in [0.25, 0.3) is 0 Å². The molecular weight excluding hydrogens is 260 g/mol. The van der Waals surface area contributed by atoms with Gasteiger partial charge < -0.3 is 4.98 Å². The molecule has 4 aromatic rings. The third-order valence-corrected chi connectivity index (χ3v) is 3.70. The summed E-state index contributed by atoms with van der Waals surface area (Å²) in [7, 11) is 0. The summed E-state index contributed by atoms with van der Waals surface area (Å²) in [5.74, 6) is 0. The topological polar surface area (TPSA) is 45.8 Å². The molecule has 100 valence electrons. The second-order valence-corrected chi connectivity index (χ2v) is 5.06. The molecule has 21 heavy (non-hydrogen) atoms. The number of H-pyrrole nitrogens is 1. The number of benzene rings is 2. The highest BCUT2D eigenvalue weighted by molar-refractivity contribution is 5.89. The second-order valence-electron chi connectivity index (χ2n) is 5.06. The first kappa shape index (κ1) is 11.9. The molecule has 2 aromatic heterocycles. The number of pyridine rings is 2. The van der Waals surface area contributed by atoms with Crippen molar-refractivity contribution < 1.29 is 0 Å². The van der Waals surface area contributed by atoms with Gasteiger partial charge in [-0.1, -0.05) is 24.3 Å². The van der Waals surface area contributed by atoms with Crippen molar-refractivity contribution in [3.05, 3.63) is 77.3 Å². The van der Waals surface area contributed by atoms with Crippen molar-refractivity contribution in [2.45, 2.75) is 0 Å². The van der Waals surface area contributed by atoms with Crippen molar-refractivity contribution in [1.82, 2.24) is 9.97 Å². The highest BCUT2D eigenvalue weighted by Crippen LogP contribution is 2.26. The number of fused-ring (bicyclic) bond motifs is 2. The van der Waals surface area contributed by atoms with E-state index in [0.29, 0.717) is 0 Å². The van der Waals surface area contributed by atoms with E-state index in [-0.39, 0.29) is 5.56 Å². The van der Waals surface area contributed by atoms with Crippen molar-refractivity contribution in [2.24, 2.45) is 0 Å². The van der Waals surface area contributed by atoms with Gasteiger partial charge in [-0.2, -0.15) is 0 Å². The molecule has 3 nitrogen and oxygen atoms in total. The molecule has 0 fully saturated rings.